The quantitative estimate of drug-likeness (QED) is 0.842. The number of hydrogen-bond acceptors (Lipinski definition) is 2. The van der Waals surface area contributed by atoms with Crippen LogP contribution in [-0.2, 0) is 11.3 Å². The van der Waals surface area contributed by atoms with Gasteiger partial charge in [0.1, 0.15) is 0 Å². The summed E-state index contributed by atoms with van der Waals surface area (Å²) in [6, 6.07) is 8.27. The molecule has 1 N–H and O–H groups in total. The molecule has 0 aliphatic carbocycles. The average molecular weight is 333 g/mol. The Labute approximate surface area is 110 Å². The predicted molar refractivity (Wildman–Crippen MR) is 72.3 cm³/mol. The van der Waals surface area contributed by atoms with Crippen molar-refractivity contribution in [2.75, 3.05) is 13.6 Å². The number of carbonyl (C=O) groups is 1. The molecular formula is C12H16INO2. The predicted octanol–water partition coefficient (Wildman–Crippen LogP) is 2.44. The first-order valence-corrected chi connectivity index (χ1v) is 6.22. The van der Waals surface area contributed by atoms with Gasteiger partial charge in [-0.25, -0.2) is 0 Å². The van der Waals surface area contributed by atoms with Gasteiger partial charge in [-0.1, -0.05) is 19.1 Å². The minimum atomic E-state index is -0.741. The fraction of sp³-hybridized carbons (Fsp3) is 0.417. The molecule has 0 aliphatic heterocycles. The Morgan fingerprint density at radius 3 is 2.50 bits per heavy atom. The zero-order valence-electron chi connectivity index (χ0n) is 9.48. The molecule has 1 rings (SSSR count). The molecule has 0 fully saturated rings. The van der Waals surface area contributed by atoms with Gasteiger partial charge in [-0.2, -0.15) is 0 Å². The van der Waals surface area contributed by atoms with Crippen molar-refractivity contribution in [3.05, 3.63) is 33.4 Å². The summed E-state index contributed by atoms with van der Waals surface area (Å²) in [5.74, 6) is -1.07. The Bertz CT molecular complexity index is 351. The zero-order valence-corrected chi connectivity index (χ0v) is 11.6. The average Bonchev–Trinajstić information content (AvgIpc) is 2.21. The van der Waals surface area contributed by atoms with Gasteiger partial charge in [0, 0.05) is 16.7 Å². The molecule has 0 aliphatic rings. The van der Waals surface area contributed by atoms with E-state index in [1.54, 1.807) is 6.92 Å². The highest BCUT2D eigenvalue weighted by atomic mass is 127. The van der Waals surface area contributed by atoms with E-state index < -0.39 is 5.97 Å². The van der Waals surface area contributed by atoms with E-state index in [4.69, 9.17) is 5.11 Å². The second-order valence-corrected chi connectivity index (χ2v) is 5.31. The third kappa shape index (κ3) is 4.49. The SMILES string of the molecule is CC(CN(C)Cc1ccc(I)cc1)C(=O)O. The van der Waals surface area contributed by atoms with Crippen LogP contribution in [0.1, 0.15) is 12.5 Å². The first-order valence-electron chi connectivity index (χ1n) is 5.15. The van der Waals surface area contributed by atoms with E-state index in [-0.39, 0.29) is 5.92 Å². The molecule has 3 nitrogen and oxygen atoms in total. The van der Waals surface area contributed by atoms with Gasteiger partial charge in [-0.3, -0.25) is 4.79 Å². The van der Waals surface area contributed by atoms with E-state index in [1.807, 2.05) is 11.9 Å². The standard InChI is InChI=1S/C12H16INO2/c1-9(12(15)16)7-14(2)8-10-3-5-11(13)6-4-10/h3-6,9H,7-8H2,1-2H3,(H,15,16). The molecule has 16 heavy (non-hydrogen) atoms. The second-order valence-electron chi connectivity index (χ2n) is 4.06. The molecular weight excluding hydrogens is 317 g/mol. The Kier molecular flexibility index (Phi) is 5.21. The van der Waals surface area contributed by atoms with Gasteiger partial charge in [0.25, 0.3) is 0 Å². The number of hydrogen-bond donors (Lipinski definition) is 1. The van der Waals surface area contributed by atoms with Crippen molar-refractivity contribution in [1.29, 1.82) is 0 Å². The van der Waals surface area contributed by atoms with E-state index in [0.29, 0.717) is 6.54 Å². The lowest BCUT2D eigenvalue weighted by molar-refractivity contribution is -0.141. The summed E-state index contributed by atoms with van der Waals surface area (Å²) in [4.78, 5) is 12.7. The third-order valence-electron chi connectivity index (χ3n) is 2.37. The van der Waals surface area contributed by atoms with Crippen LogP contribution in [0.2, 0.25) is 0 Å². The van der Waals surface area contributed by atoms with Crippen LogP contribution in [0, 0.1) is 9.49 Å². The van der Waals surface area contributed by atoms with Gasteiger partial charge in [0.15, 0.2) is 0 Å². The van der Waals surface area contributed by atoms with E-state index in [0.717, 1.165) is 6.54 Å². The Hall–Kier alpha value is -0.620. The molecule has 88 valence electrons. The fourth-order valence-electron chi connectivity index (χ4n) is 1.51. The van der Waals surface area contributed by atoms with E-state index in [1.165, 1.54) is 9.13 Å². The number of carboxylic acids is 1. The Balaban J connectivity index is 2.48. The number of carboxylic acid groups (broad SMARTS) is 1. The van der Waals surface area contributed by atoms with E-state index in [2.05, 4.69) is 46.9 Å². The van der Waals surface area contributed by atoms with Crippen molar-refractivity contribution < 1.29 is 9.90 Å². The lowest BCUT2D eigenvalue weighted by Gasteiger charge is -2.19. The summed E-state index contributed by atoms with van der Waals surface area (Å²) in [6.07, 6.45) is 0. The largest absolute Gasteiger partial charge is 0.481 e. The summed E-state index contributed by atoms with van der Waals surface area (Å²) in [5, 5.41) is 8.81. The van der Waals surface area contributed by atoms with Crippen LogP contribution in [-0.4, -0.2) is 29.6 Å². The van der Waals surface area contributed by atoms with Crippen molar-refractivity contribution in [1.82, 2.24) is 4.90 Å². The van der Waals surface area contributed by atoms with E-state index >= 15 is 0 Å². The summed E-state index contributed by atoms with van der Waals surface area (Å²) in [5.41, 5.74) is 1.21. The Morgan fingerprint density at radius 1 is 1.44 bits per heavy atom. The molecule has 1 unspecified atom stereocenters. The maximum absolute atomic E-state index is 10.7. The lowest BCUT2D eigenvalue weighted by Crippen LogP contribution is -2.28. The van der Waals surface area contributed by atoms with E-state index in [9.17, 15) is 4.79 Å². The highest BCUT2D eigenvalue weighted by molar-refractivity contribution is 14.1. The smallest absolute Gasteiger partial charge is 0.307 e. The molecule has 0 heterocycles. The van der Waals surface area contributed by atoms with Crippen LogP contribution in [0.4, 0.5) is 0 Å². The number of nitrogens with zero attached hydrogens (tertiary/aromatic N) is 1. The first kappa shape index (κ1) is 13.4. The number of benzene rings is 1. The number of aliphatic carboxylic acids is 1. The molecule has 0 radical (unpaired) electrons. The van der Waals surface area contributed by atoms with Gasteiger partial charge in [0.2, 0.25) is 0 Å². The molecule has 0 saturated heterocycles. The van der Waals surface area contributed by atoms with Gasteiger partial charge < -0.3 is 10.0 Å². The summed E-state index contributed by atoms with van der Waals surface area (Å²) >= 11 is 2.27. The monoisotopic (exact) mass is 333 g/mol. The van der Waals surface area contributed by atoms with Crippen LogP contribution in [0.5, 0.6) is 0 Å². The topological polar surface area (TPSA) is 40.5 Å². The highest BCUT2D eigenvalue weighted by Gasteiger charge is 2.13. The molecule has 1 atom stereocenters. The van der Waals surface area contributed by atoms with Crippen LogP contribution in [0.3, 0.4) is 0 Å². The molecule has 0 spiro atoms. The molecule has 0 amide bonds. The third-order valence-corrected chi connectivity index (χ3v) is 3.09. The first-order chi connectivity index (χ1) is 7.49. The van der Waals surface area contributed by atoms with Crippen LogP contribution < -0.4 is 0 Å². The van der Waals surface area contributed by atoms with Crippen molar-refractivity contribution in [3.63, 3.8) is 0 Å². The van der Waals surface area contributed by atoms with Crippen molar-refractivity contribution in [2.24, 2.45) is 5.92 Å². The lowest BCUT2D eigenvalue weighted by atomic mass is 10.1. The Morgan fingerprint density at radius 2 is 2.00 bits per heavy atom. The maximum Gasteiger partial charge on any atom is 0.307 e. The van der Waals surface area contributed by atoms with Gasteiger partial charge in [-0.05, 0) is 47.3 Å². The van der Waals surface area contributed by atoms with Crippen LogP contribution >= 0.6 is 22.6 Å². The minimum Gasteiger partial charge on any atom is -0.481 e. The number of halogens is 1. The second kappa shape index (κ2) is 6.20. The molecule has 1 aromatic rings. The van der Waals surface area contributed by atoms with Crippen molar-refractivity contribution in [3.8, 4) is 0 Å². The number of rotatable bonds is 5. The normalized spacial score (nSPS) is 12.8. The summed E-state index contributed by atoms with van der Waals surface area (Å²) < 4.78 is 1.21. The fourth-order valence-corrected chi connectivity index (χ4v) is 1.87. The van der Waals surface area contributed by atoms with Gasteiger partial charge in [0.05, 0.1) is 5.92 Å². The maximum atomic E-state index is 10.7. The zero-order chi connectivity index (χ0) is 12.1. The van der Waals surface area contributed by atoms with Crippen molar-refractivity contribution in [2.45, 2.75) is 13.5 Å². The van der Waals surface area contributed by atoms with Crippen LogP contribution in [0.25, 0.3) is 0 Å². The molecule has 0 aromatic heterocycles. The molecule has 0 saturated carbocycles. The van der Waals surface area contributed by atoms with Gasteiger partial charge in [-0.15, -0.1) is 0 Å². The minimum absolute atomic E-state index is 0.325. The van der Waals surface area contributed by atoms with Crippen LogP contribution in [0.15, 0.2) is 24.3 Å². The molecule has 0 bridgehead atoms. The van der Waals surface area contributed by atoms with Crippen molar-refractivity contribution >= 4 is 28.6 Å². The molecule has 1 aromatic carbocycles. The van der Waals surface area contributed by atoms with Gasteiger partial charge >= 0.3 is 5.97 Å². The highest BCUT2D eigenvalue weighted by Crippen LogP contribution is 2.09. The summed E-state index contributed by atoms with van der Waals surface area (Å²) in [7, 11) is 1.94. The summed E-state index contributed by atoms with van der Waals surface area (Å²) in [6.45, 7) is 3.09. The molecule has 4 heteroatoms.